The number of rotatable bonds is 6. The van der Waals surface area contributed by atoms with Gasteiger partial charge in [-0.1, -0.05) is 30.3 Å². The van der Waals surface area contributed by atoms with E-state index in [9.17, 15) is 0 Å². The first-order valence-electron chi connectivity index (χ1n) is 6.68. The molecule has 2 aromatic rings. The Morgan fingerprint density at radius 2 is 1.74 bits per heavy atom. The summed E-state index contributed by atoms with van der Waals surface area (Å²) in [7, 11) is 0. The Labute approximate surface area is 114 Å². The van der Waals surface area contributed by atoms with E-state index in [0.717, 1.165) is 24.3 Å². The molecule has 98 valence electrons. The number of aryl methyl sites for hydroxylation is 1. The highest BCUT2D eigenvalue weighted by molar-refractivity contribution is 5.63. The number of aliphatic imine (C=N–C) groups is 1. The molecule has 0 spiro atoms. The quantitative estimate of drug-likeness (QED) is 0.698. The van der Waals surface area contributed by atoms with E-state index in [1.54, 1.807) is 0 Å². The van der Waals surface area contributed by atoms with Crippen LogP contribution in [0.4, 0.5) is 5.69 Å². The van der Waals surface area contributed by atoms with E-state index in [0.29, 0.717) is 6.61 Å². The van der Waals surface area contributed by atoms with Crippen molar-refractivity contribution in [2.75, 3.05) is 6.61 Å². The minimum Gasteiger partial charge on any atom is -0.494 e. The predicted octanol–water partition coefficient (Wildman–Crippen LogP) is 4.42. The first kappa shape index (κ1) is 13.3. The number of hydrogen-bond acceptors (Lipinski definition) is 2. The average Bonchev–Trinajstić information content (AvgIpc) is 2.47. The van der Waals surface area contributed by atoms with E-state index in [1.165, 1.54) is 5.56 Å². The molecule has 0 bridgehead atoms. The predicted molar refractivity (Wildman–Crippen MR) is 80.5 cm³/mol. The van der Waals surface area contributed by atoms with Crippen molar-refractivity contribution in [3.63, 3.8) is 0 Å². The summed E-state index contributed by atoms with van der Waals surface area (Å²) in [6.45, 7) is 2.68. The lowest BCUT2D eigenvalue weighted by atomic mass is 10.1. The van der Waals surface area contributed by atoms with Gasteiger partial charge in [0.05, 0.1) is 12.3 Å². The van der Waals surface area contributed by atoms with Crippen LogP contribution in [0.1, 0.15) is 18.9 Å². The van der Waals surface area contributed by atoms with Crippen LogP contribution in [-0.2, 0) is 6.42 Å². The Morgan fingerprint density at radius 1 is 1.00 bits per heavy atom. The number of benzene rings is 2. The van der Waals surface area contributed by atoms with Crippen LogP contribution in [0.25, 0.3) is 0 Å². The van der Waals surface area contributed by atoms with Crippen LogP contribution in [-0.4, -0.2) is 12.8 Å². The monoisotopic (exact) mass is 253 g/mol. The van der Waals surface area contributed by atoms with E-state index in [-0.39, 0.29) is 0 Å². The van der Waals surface area contributed by atoms with Crippen LogP contribution < -0.4 is 4.74 Å². The topological polar surface area (TPSA) is 21.6 Å². The normalized spacial score (nSPS) is 10.8. The van der Waals surface area contributed by atoms with Gasteiger partial charge in [-0.15, -0.1) is 0 Å². The molecular formula is C17H19NO. The zero-order valence-corrected chi connectivity index (χ0v) is 11.3. The minimum atomic E-state index is 0.694. The molecule has 0 saturated heterocycles. The van der Waals surface area contributed by atoms with Gasteiger partial charge in [0, 0.05) is 6.21 Å². The van der Waals surface area contributed by atoms with Crippen molar-refractivity contribution < 1.29 is 4.74 Å². The Morgan fingerprint density at radius 3 is 2.42 bits per heavy atom. The standard InChI is InChI=1S/C17H19NO/c1-2-19-17-12-10-16(11-13-17)18-14-6-9-15-7-4-3-5-8-15/h3-5,7-8,10-14H,2,6,9H2,1H3. The molecule has 0 saturated carbocycles. The minimum absolute atomic E-state index is 0.694. The molecule has 0 amide bonds. The molecule has 19 heavy (non-hydrogen) atoms. The zero-order chi connectivity index (χ0) is 13.3. The van der Waals surface area contributed by atoms with Gasteiger partial charge in [-0.05, 0) is 49.6 Å². The van der Waals surface area contributed by atoms with Crippen molar-refractivity contribution in [2.45, 2.75) is 19.8 Å². The fourth-order valence-corrected chi connectivity index (χ4v) is 1.84. The molecule has 0 aliphatic heterocycles. The third-order valence-corrected chi connectivity index (χ3v) is 2.79. The Hall–Kier alpha value is -2.09. The van der Waals surface area contributed by atoms with Crippen LogP contribution in [0.15, 0.2) is 59.6 Å². The molecule has 0 N–H and O–H groups in total. The second-order valence-corrected chi connectivity index (χ2v) is 4.26. The molecule has 0 aliphatic rings. The Kier molecular flexibility index (Phi) is 5.17. The molecule has 0 unspecified atom stereocenters. The summed E-state index contributed by atoms with van der Waals surface area (Å²) in [5.74, 6) is 0.894. The summed E-state index contributed by atoms with van der Waals surface area (Å²) in [5, 5.41) is 0. The van der Waals surface area contributed by atoms with Gasteiger partial charge in [-0.25, -0.2) is 0 Å². The Bertz CT molecular complexity index is 503. The van der Waals surface area contributed by atoms with Gasteiger partial charge in [0.2, 0.25) is 0 Å². The van der Waals surface area contributed by atoms with E-state index < -0.39 is 0 Å². The van der Waals surface area contributed by atoms with Gasteiger partial charge in [-0.3, -0.25) is 4.99 Å². The first-order valence-corrected chi connectivity index (χ1v) is 6.68. The summed E-state index contributed by atoms with van der Waals surface area (Å²) in [5.41, 5.74) is 2.32. The van der Waals surface area contributed by atoms with Crippen LogP contribution in [0.3, 0.4) is 0 Å². The van der Waals surface area contributed by atoms with Crippen molar-refractivity contribution >= 4 is 11.9 Å². The lowest BCUT2D eigenvalue weighted by Crippen LogP contribution is -1.89. The molecule has 2 nitrogen and oxygen atoms in total. The lowest BCUT2D eigenvalue weighted by molar-refractivity contribution is 0.340. The van der Waals surface area contributed by atoms with Crippen LogP contribution in [0, 0.1) is 0 Å². The molecule has 0 radical (unpaired) electrons. The first-order chi connectivity index (χ1) is 9.38. The zero-order valence-electron chi connectivity index (χ0n) is 11.3. The van der Waals surface area contributed by atoms with Crippen LogP contribution in [0.5, 0.6) is 5.75 Å². The summed E-state index contributed by atoms with van der Waals surface area (Å²) in [6.07, 6.45) is 3.96. The average molecular weight is 253 g/mol. The molecule has 0 aromatic heterocycles. The second-order valence-electron chi connectivity index (χ2n) is 4.26. The highest BCUT2D eigenvalue weighted by Gasteiger charge is 1.92. The molecule has 2 rings (SSSR count). The number of ether oxygens (including phenoxy) is 1. The van der Waals surface area contributed by atoms with Gasteiger partial charge >= 0.3 is 0 Å². The summed E-state index contributed by atoms with van der Waals surface area (Å²) in [4.78, 5) is 4.44. The summed E-state index contributed by atoms with van der Waals surface area (Å²) >= 11 is 0. The van der Waals surface area contributed by atoms with Crippen molar-refractivity contribution in [3.8, 4) is 5.75 Å². The maximum atomic E-state index is 5.39. The maximum Gasteiger partial charge on any atom is 0.119 e. The van der Waals surface area contributed by atoms with E-state index in [1.807, 2.05) is 43.5 Å². The second kappa shape index (κ2) is 7.37. The third-order valence-electron chi connectivity index (χ3n) is 2.79. The van der Waals surface area contributed by atoms with Gasteiger partial charge in [0.25, 0.3) is 0 Å². The number of nitrogens with zero attached hydrogens (tertiary/aromatic N) is 1. The molecular weight excluding hydrogens is 234 g/mol. The third kappa shape index (κ3) is 4.59. The number of hydrogen-bond donors (Lipinski definition) is 0. The van der Waals surface area contributed by atoms with Crippen molar-refractivity contribution in [2.24, 2.45) is 4.99 Å². The summed E-state index contributed by atoms with van der Waals surface area (Å²) in [6, 6.07) is 18.3. The molecule has 0 heterocycles. The fraction of sp³-hybridized carbons (Fsp3) is 0.235. The van der Waals surface area contributed by atoms with E-state index in [4.69, 9.17) is 4.74 Å². The van der Waals surface area contributed by atoms with E-state index >= 15 is 0 Å². The molecule has 2 aromatic carbocycles. The van der Waals surface area contributed by atoms with Crippen molar-refractivity contribution in [3.05, 3.63) is 60.2 Å². The SMILES string of the molecule is CCOc1ccc(N=CCCc2ccccc2)cc1. The molecule has 2 heteroatoms. The fourth-order valence-electron chi connectivity index (χ4n) is 1.84. The molecule has 0 aliphatic carbocycles. The van der Waals surface area contributed by atoms with Gasteiger partial charge in [0.15, 0.2) is 0 Å². The Balaban J connectivity index is 1.82. The van der Waals surface area contributed by atoms with Gasteiger partial charge in [0.1, 0.15) is 5.75 Å². The van der Waals surface area contributed by atoms with Gasteiger partial charge in [-0.2, -0.15) is 0 Å². The molecule has 0 atom stereocenters. The lowest BCUT2D eigenvalue weighted by Gasteiger charge is -2.02. The molecule has 0 fully saturated rings. The van der Waals surface area contributed by atoms with Crippen LogP contribution in [0.2, 0.25) is 0 Å². The maximum absolute atomic E-state index is 5.39. The highest BCUT2D eigenvalue weighted by atomic mass is 16.5. The van der Waals surface area contributed by atoms with Crippen molar-refractivity contribution in [1.29, 1.82) is 0 Å². The summed E-state index contributed by atoms with van der Waals surface area (Å²) < 4.78 is 5.39. The van der Waals surface area contributed by atoms with Gasteiger partial charge < -0.3 is 4.74 Å². The van der Waals surface area contributed by atoms with Crippen LogP contribution >= 0.6 is 0 Å². The largest absolute Gasteiger partial charge is 0.494 e. The smallest absolute Gasteiger partial charge is 0.119 e. The van der Waals surface area contributed by atoms with Crippen molar-refractivity contribution in [1.82, 2.24) is 0 Å². The van der Waals surface area contributed by atoms with E-state index in [2.05, 4.69) is 29.3 Å². The highest BCUT2D eigenvalue weighted by Crippen LogP contribution is 2.17.